The van der Waals surface area contributed by atoms with Crippen molar-refractivity contribution in [3.63, 3.8) is 0 Å². The lowest BCUT2D eigenvalue weighted by molar-refractivity contribution is -0.160. The summed E-state index contributed by atoms with van der Waals surface area (Å²) >= 11 is 0. The molecule has 15 heavy (non-hydrogen) atoms. The number of aliphatic carboxylic acids is 1. The molecule has 4 nitrogen and oxygen atoms in total. The largest absolute Gasteiger partial charge is 0.481 e. The van der Waals surface area contributed by atoms with Crippen molar-refractivity contribution in [3.8, 4) is 0 Å². The molecular formula is C11H20O4. The summed E-state index contributed by atoms with van der Waals surface area (Å²) in [6.45, 7) is 7.08. The molecule has 0 aromatic rings. The van der Waals surface area contributed by atoms with E-state index in [1.807, 2.05) is 0 Å². The quantitative estimate of drug-likeness (QED) is 0.690. The lowest BCUT2D eigenvalue weighted by atomic mass is 9.88. The number of carboxylic acids is 1. The van der Waals surface area contributed by atoms with Crippen molar-refractivity contribution in [3.05, 3.63) is 0 Å². The second-order valence-corrected chi connectivity index (χ2v) is 3.85. The highest BCUT2D eigenvalue weighted by Crippen LogP contribution is 2.21. The second-order valence-electron chi connectivity index (χ2n) is 3.85. The van der Waals surface area contributed by atoms with Crippen LogP contribution in [0, 0.1) is 11.8 Å². The van der Waals surface area contributed by atoms with E-state index in [0.717, 1.165) is 0 Å². The van der Waals surface area contributed by atoms with E-state index in [9.17, 15) is 9.59 Å². The number of hydrogen-bond donors (Lipinski definition) is 1. The van der Waals surface area contributed by atoms with Gasteiger partial charge in [-0.3, -0.25) is 9.59 Å². The molecule has 4 heteroatoms. The fourth-order valence-electron chi connectivity index (χ4n) is 1.57. The van der Waals surface area contributed by atoms with Crippen LogP contribution in [-0.2, 0) is 14.3 Å². The maximum absolute atomic E-state index is 11.6. The van der Waals surface area contributed by atoms with Crippen molar-refractivity contribution in [2.75, 3.05) is 0 Å². The first kappa shape index (κ1) is 13.9. The van der Waals surface area contributed by atoms with Gasteiger partial charge in [-0.2, -0.15) is 0 Å². The van der Waals surface area contributed by atoms with E-state index in [4.69, 9.17) is 9.84 Å². The molecule has 0 aliphatic carbocycles. The minimum absolute atomic E-state index is 0.196. The van der Waals surface area contributed by atoms with Gasteiger partial charge in [-0.1, -0.05) is 13.8 Å². The number of rotatable bonds is 6. The summed E-state index contributed by atoms with van der Waals surface area (Å²) in [5, 5.41) is 8.95. The maximum Gasteiger partial charge on any atom is 0.310 e. The van der Waals surface area contributed by atoms with E-state index in [2.05, 4.69) is 0 Å². The number of carboxylic acid groups (broad SMARTS) is 1. The van der Waals surface area contributed by atoms with E-state index >= 15 is 0 Å². The van der Waals surface area contributed by atoms with Crippen molar-refractivity contribution >= 4 is 11.9 Å². The van der Waals surface area contributed by atoms with Crippen LogP contribution in [0.5, 0.6) is 0 Å². The predicted octanol–water partition coefficient (Wildman–Crippen LogP) is 2.08. The molecule has 0 fully saturated rings. The first-order valence-corrected chi connectivity index (χ1v) is 5.37. The fraction of sp³-hybridized carbons (Fsp3) is 0.818. The van der Waals surface area contributed by atoms with E-state index < -0.39 is 23.8 Å². The third-order valence-electron chi connectivity index (χ3n) is 2.34. The van der Waals surface area contributed by atoms with E-state index in [-0.39, 0.29) is 6.10 Å². The minimum Gasteiger partial charge on any atom is -0.481 e. The summed E-state index contributed by atoms with van der Waals surface area (Å²) in [4.78, 5) is 22.5. The third-order valence-corrected chi connectivity index (χ3v) is 2.34. The van der Waals surface area contributed by atoms with Gasteiger partial charge < -0.3 is 9.84 Å². The van der Waals surface area contributed by atoms with Gasteiger partial charge in [-0.25, -0.2) is 0 Å². The summed E-state index contributed by atoms with van der Waals surface area (Å²) in [5.41, 5.74) is 0. The number of carbonyl (C=O) groups is 2. The first-order chi connectivity index (χ1) is 6.93. The Kier molecular flexibility index (Phi) is 5.97. The van der Waals surface area contributed by atoms with E-state index in [1.165, 1.54) is 0 Å². The highest BCUT2D eigenvalue weighted by molar-refractivity contribution is 5.81. The first-order valence-electron chi connectivity index (χ1n) is 5.37. The Morgan fingerprint density at radius 2 is 1.60 bits per heavy atom. The Morgan fingerprint density at radius 1 is 1.13 bits per heavy atom. The maximum atomic E-state index is 11.6. The summed E-state index contributed by atoms with van der Waals surface area (Å²) in [6.07, 6.45) is 0.745. The highest BCUT2D eigenvalue weighted by Gasteiger charge is 2.32. The Bertz CT molecular complexity index is 223. The third kappa shape index (κ3) is 4.32. The van der Waals surface area contributed by atoms with Gasteiger partial charge in [-0.05, 0) is 26.7 Å². The van der Waals surface area contributed by atoms with Crippen LogP contribution in [0.25, 0.3) is 0 Å². The Morgan fingerprint density at radius 3 is 1.87 bits per heavy atom. The van der Waals surface area contributed by atoms with Gasteiger partial charge in [0.15, 0.2) is 0 Å². The monoisotopic (exact) mass is 216 g/mol. The molecule has 88 valence electrons. The molecule has 0 saturated heterocycles. The van der Waals surface area contributed by atoms with E-state index in [1.54, 1.807) is 27.7 Å². The van der Waals surface area contributed by atoms with Crippen LogP contribution in [0.15, 0.2) is 0 Å². The lowest BCUT2D eigenvalue weighted by Gasteiger charge is -2.21. The second kappa shape index (κ2) is 6.43. The van der Waals surface area contributed by atoms with Crippen LogP contribution in [-0.4, -0.2) is 23.1 Å². The minimum atomic E-state index is -0.926. The molecule has 0 spiro atoms. The number of carbonyl (C=O) groups excluding carboxylic acids is 1. The SMILES string of the molecule is CC[C@H](C(=O)O)[C@@H](CC)C(=O)OC(C)C. The molecule has 0 aromatic carbocycles. The molecule has 0 radical (unpaired) electrons. The van der Waals surface area contributed by atoms with Gasteiger partial charge in [0.1, 0.15) is 0 Å². The fourth-order valence-corrected chi connectivity index (χ4v) is 1.57. The molecule has 0 aliphatic heterocycles. The normalized spacial score (nSPS) is 14.7. The lowest BCUT2D eigenvalue weighted by Crippen LogP contribution is -2.31. The molecular weight excluding hydrogens is 196 g/mol. The summed E-state index contributed by atoms with van der Waals surface area (Å²) in [7, 11) is 0. The van der Waals surface area contributed by atoms with Crippen molar-refractivity contribution in [2.24, 2.45) is 11.8 Å². The molecule has 0 bridgehead atoms. The summed E-state index contributed by atoms with van der Waals surface area (Å²) < 4.78 is 5.03. The van der Waals surface area contributed by atoms with Crippen LogP contribution in [0.1, 0.15) is 40.5 Å². The Balaban J connectivity index is 4.58. The smallest absolute Gasteiger partial charge is 0.310 e. The van der Waals surface area contributed by atoms with Crippen molar-refractivity contribution in [1.82, 2.24) is 0 Å². The molecule has 0 aromatic heterocycles. The zero-order valence-electron chi connectivity index (χ0n) is 9.82. The summed E-state index contributed by atoms with van der Waals surface area (Å²) in [6, 6.07) is 0. The Hall–Kier alpha value is -1.06. The van der Waals surface area contributed by atoms with Gasteiger partial charge in [0.25, 0.3) is 0 Å². The van der Waals surface area contributed by atoms with Crippen LogP contribution in [0.4, 0.5) is 0 Å². The van der Waals surface area contributed by atoms with Gasteiger partial charge in [0, 0.05) is 0 Å². The van der Waals surface area contributed by atoms with Gasteiger partial charge in [0.2, 0.25) is 0 Å². The topological polar surface area (TPSA) is 63.6 Å². The van der Waals surface area contributed by atoms with Crippen molar-refractivity contribution < 1.29 is 19.4 Å². The molecule has 0 amide bonds. The van der Waals surface area contributed by atoms with Crippen LogP contribution < -0.4 is 0 Å². The zero-order valence-corrected chi connectivity index (χ0v) is 9.82. The standard InChI is InChI=1S/C11H20O4/c1-5-8(10(12)13)9(6-2)11(14)15-7(3)4/h7-9H,5-6H2,1-4H3,(H,12,13)/t8-,9+/m0/s1. The average molecular weight is 216 g/mol. The summed E-state index contributed by atoms with van der Waals surface area (Å²) in [5.74, 6) is -2.50. The van der Waals surface area contributed by atoms with Crippen molar-refractivity contribution in [2.45, 2.75) is 46.6 Å². The van der Waals surface area contributed by atoms with Crippen molar-refractivity contribution in [1.29, 1.82) is 0 Å². The van der Waals surface area contributed by atoms with Gasteiger partial charge in [-0.15, -0.1) is 0 Å². The van der Waals surface area contributed by atoms with E-state index in [0.29, 0.717) is 12.8 Å². The Labute approximate surface area is 90.6 Å². The average Bonchev–Trinajstić information content (AvgIpc) is 2.11. The van der Waals surface area contributed by atoms with Gasteiger partial charge in [0.05, 0.1) is 17.9 Å². The molecule has 1 N–H and O–H groups in total. The highest BCUT2D eigenvalue weighted by atomic mass is 16.5. The number of ether oxygens (including phenoxy) is 1. The number of hydrogen-bond acceptors (Lipinski definition) is 3. The molecule has 0 unspecified atom stereocenters. The number of esters is 1. The molecule has 2 atom stereocenters. The molecule has 0 saturated carbocycles. The predicted molar refractivity (Wildman–Crippen MR) is 56.4 cm³/mol. The molecule has 0 aliphatic rings. The zero-order chi connectivity index (χ0) is 12.0. The molecule has 0 heterocycles. The molecule has 0 rings (SSSR count). The van der Waals surface area contributed by atoms with Crippen LogP contribution in [0.2, 0.25) is 0 Å². The van der Waals surface area contributed by atoms with Crippen LogP contribution >= 0.6 is 0 Å². The van der Waals surface area contributed by atoms with Gasteiger partial charge >= 0.3 is 11.9 Å². The van der Waals surface area contributed by atoms with Crippen LogP contribution in [0.3, 0.4) is 0 Å².